The Kier molecular flexibility index (Phi) is 5.83. The topological polar surface area (TPSA) is 30.5 Å². The van der Waals surface area contributed by atoms with Gasteiger partial charge in [-0.3, -0.25) is 0 Å². The molecule has 0 heterocycles. The molecule has 0 bridgehead atoms. The van der Waals surface area contributed by atoms with E-state index < -0.39 is 0 Å². The van der Waals surface area contributed by atoms with Gasteiger partial charge in [0, 0.05) is 12.1 Å². The van der Waals surface area contributed by atoms with Gasteiger partial charge in [-0.15, -0.1) is 0 Å². The van der Waals surface area contributed by atoms with Gasteiger partial charge in [-0.25, -0.2) is 0 Å². The molecule has 0 amide bonds. The van der Waals surface area contributed by atoms with Gasteiger partial charge in [0.15, 0.2) is 0 Å². The van der Waals surface area contributed by atoms with E-state index >= 15 is 0 Å². The summed E-state index contributed by atoms with van der Waals surface area (Å²) in [5, 5.41) is 3.49. The van der Waals surface area contributed by atoms with Crippen molar-refractivity contribution in [1.29, 1.82) is 0 Å². The average molecular weight is 251 g/mol. The Labute approximate surface area is 110 Å². The standard InChI is InChI=1S/C15H25NO2/c1-11(2)6-7-12(3)16-14-9-8-13(17-4)10-15(14)18-5/h8-12,16H,6-7H2,1-5H3. The van der Waals surface area contributed by atoms with Crippen LogP contribution in [0.5, 0.6) is 11.5 Å². The minimum absolute atomic E-state index is 0.440. The van der Waals surface area contributed by atoms with Crippen molar-refractivity contribution >= 4 is 5.69 Å². The molecule has 1 rings (SSSR count). The molecular formula is C15H25NO2. The maximum absolute atomic E-state index is 5.37. The quantitative estimate of drug-likeness (QED) is 0.796. The lowest BCUT2D eigenvalue weighted by Gasteiger charge is -2.18. The van der Waals surface area contributed by atoms with Crippen molar-refractivity contribution in [2.24, 2.45) is 5.92 Å². The fraction of sp³-hybridized carbons (Fsp3) is 0.600. The van der Waals surface area contributed by atoms with Crippen molar-refractivity contribution in [3.05, 3.63) is 18.2 Å². The summed E-state index contributed by atoms with van der Waals surface area (Å²) in [5.41, 5.74) is 1.02. The first-order valence-electron chi connectivity index (χ1n) is 6.55. The molecule has 0 saturated heterocycles. The number of hydrogen-bond acceptors (Lipinski definition) is 3. The second-order valence-corrected chi connectivity index (χ2v) is 5.08. The van der Waals surface area contributed by atoms with Crippen LogP contribution in [0.2, 0.25) is 0 Å². The van der Waals surface area contributed by atoms with Crippen LogP contribution in [0.1, 0.15) is 33.6 Å². The summed E-state index contributed by atoms with van der Waals surface area (Å²) in [6.45, 7) is 6.70. The average Bonchev–Trinajstić information content (AvgIpc) is 2.36. The molecule has 3 nitrogen and oxygen atoms in total. The molecule has 1 N–H and O–H groups in total. The van der Waals surface area contributed by atoms with E-state index in [4.69, 9.17) is 9.47 Å². The van der Waals surface area contributed by atoms with Crippen molar-refractivity contribution in [2.45, 2.75) is 39.7 Å². The molecule has 18 heavy (non-hydrogen) atoms. The van der Waals surface area contributed by atoms with Crippen molar-refractivity contribution in [1.82, 2.24) is 0 Å². The highest BCUT2D eigenvalue weighted by molar-refractivity contribution is 5.59. The van der Waals surface area contributed by atoms with E-state index in [1.165, 1.54) is 6.42 Å². The van der Waals surface area contributed by atoms with E-state index in [1.807, 2.05) is 18.2 Å². The molecule has 3 heteroatoms. The molecule has 0 radical (unpaired) electrons. The third-order valence-electron chi connectivity index (χ3n) is 2.99. The number of rotatable bonds is 7. The van der Waals surface area contributed by atoms with Crippen molar-refractivity contribution in [3.8, 4) is 11.5 Å². The summed E-state index contributed by atoms with van der Waals surface area (Å²) in [5.74, 6) is 2.38. The lowest BCUT2D eigenvalue weighted by molar-refractivity contribution is 0.395. The second-order valence-electron chi connectivity index (χ2n) is 5.08. The van der Waals surface area contributed by atoms with Crippen LogP contribution in [0.3, 0.4) is 0 Å². The summed E-state index contributed by atoms with van der Waals surface area (Å²) < 4.78 is 10.6. The predicted molar refractivity (Wildman–Crippen MR) is 76.7 cm³/mol. The van der Waals surface area contributed by atoms with E-state index in [0.29, 0.717) is 6.04 Å². The van der Waals surface area contributed by atoms with Crippen LogP contribution in [0.25, 0.3) is 0 Å². The number of benzene rings is 1. The van der Waals surface area contributed by atoms with Gasteiger partial charge in [-0.2, -0.15) is 0 Å². The summed E-state index contributed by atoms with van der Waals surface area (Å²) in [6.07, 6.45) is 2.39. The first kappa shape index (κ1) is 14.7. The van der Waals surface area contributed by atoms with E-state index in [-0.39, 0.29) is 0 Å². The van der Waals surface area contributed by atoms with Crippen LogP contribution in [-0.2, 0) is 0 Å². The summed E-state index contributed by atoms with van der Waals surface area (Å²) in [7, 11) is 3.34. The zero-order chi connectivity index (χ0) is 13.5. The molecular weight excluding hydrogens is 226 g/mol. The van der Waals surface area contributed by atoms with Gasteiger partial charge in [0.25, 0.3) is 0 Å². The molecule has 0 saturated carbocycles. The molecule has 0 spiro atoms. The maximum Gasteiger partial charge on any atom is 0.145 e. The summed E-state index contributed by atoms with van der Waals surface area (Å²) in [4.78, 5) is 0. The van der Waals surface area contributed by atoms with Gasteiger partial charge < -0.3 is 14.8 Å². The van der Waals surface area contributed by atoms with Gasteiger partial charge in [0.05, 0.1) is 19.9 Å². The van der Waals surface area contributed by atoms with Gasteiger partial charge in [-0.1, -0.05) is 13.8 Å². The zero-order valence-electron chi connectivity index (χ0n) is 12.1. The largest absolute Gasteiger partial charge is 0.497 e. The molecule has 1 atom stereocenters. The van der Waals surface area contributed by atoms with Gasteiger partial charge in [0.2, 0.25) is 0 Å². The maximum atomic E-state index is 5.37. The Bertz CT molecular complexity index is 364. The highest BCUT2D eigenvalue weighted by Gasteiger charge is 2.08. The van der Waals surface area contributed by atoms with Crippen LogP contribution in [-0.4, -0.2) is 20.3 Å². The molecule has 1 aromatic carbocycles. The smallest absolute Gasteiger partial charge is 0.145 e. The molecule has 0 aliphatic rings. The van der Waals surface area contributed by atoms with E-state index in [0.717, 1.165) is 29.5 Å². The molecule has 1 unspecified atom stereocenters. The van der Waals surface area contributed by atoms with E-state index in [9.17, 15) is 0 Å². The Balaban J connectivity index is 2.65. The summed E-state index contributed by atoms with van der Waals surface area (Å²) in [6, 6.07) is 6.29. The fourth-order valence-corrected chi connectivity index (χ4v) is 1.84. The highest BCUT2D eigenvalue weighted by Crippen LogP contribution is 2.29. The fourth-order valence-electron chi connectivity index (χ4n) is 1.84. The van der Waals surface area contributed by atoms with Gasteiger partial charge in [0.1, 0.15) is 11.5 Å². The molecule has 0 aromatic heterocycles. The zero-order valence-corrected chi connectivity index (χ0v) is 12.1. The van der Waals surface area contributed by atoms with Gasteiger partial charge in [-0.05, 0) is 37.8 Å². The van der Waals surface area contributed by atoms with Crippen molar-refractivity contribution in [3.63, 3.8) is 0 Å². The van der Waals surface area contributed by atoms with Crippen LogP contribution in [0, 0.1) is 5.92 Å². The first-order chi connectivity index (χ1) is 8.56. The third kappa shape index (κ3) is 4.47. The second kappa shape index (κ2) is 7.14. The molecule has 1 aromatic rings. The van der Waals surface area contributed by atoms with Crippen LogP contribution >= 0.6 is 0 Å². The number of methoxy groups -OCH3 is 2. The minimum Gasteiger partial charge on any atom is -0.497 e. The number of nitrogens with one attached hydrogen (secondary N) is 1. The first-order valence-corrected chi connectivity index (χ1v) is 6.55. The summed E-state index contributed by atoms with van der Waals surface area (Å²) >= 11 is 0. The predicted octanol–water partition coefficient (Wildman–Crippen LogP) is 3.94. The monoisotopic (exact) mass is 251 g/mol. The van der Waals surface area contributed by atoms with Crippen molar-refractivity contribution < 1.29 is 9.47 Å². The normalized spacial score (nSPS) is 12.3. The van der Waals surface area contributed by atoms with Gasteiger partial charge >= 0.3 is 0 Å². The van der Waals surface area contributed by atoms with Crippen LogP contribution in [0.15, 0.2) is 18.2 Å². The highest BCUT2D eigenvalue weighted by atomic mass is 16.5. The molecule has 0 aliphatic carbocycles. The Morgan fingerprint density at radius 3 is 2.33 bits per heavy atom. The number of hydrogen-bond donors (Lipinski definition) is 1. The minimum atomic E-state index is 0.440. The van der Waals surface area contributed by atoms with Crippen molar-refractivity contribution in [2.75, 3.05) is 19.5 Å². The number of ether oxygens (including phenoxy) is 2. The molecule has 102 valence electrons. The van der Waals surface area contributed by atoms with E-state index in [1.54, 1.807) is 14.2 Å². The Morgan fingerprint density at radius 1 is 1.06 bits per heavy atom. The van der Waals surface area contributed by atoms with Crippen LogP contribution < -0.4 is 14.8 Å². The lowest BCUT2D eigenvalue weighted by Crippen LogP contribution is -2.16. The van der Waals surface area contributed by atoms with E-state index in [2.05, 4.69) is 26.1 Å². The Morgan fingerprint density at radius 2 is 1.78 bits per heavy atom. The Hall–Kier alpha value is -1.38. The lowest BCUT2D eigenvalue weighted by atomic mass is 10.0. The third-order valence-corrected chi connectivity index (χ3v) is 2.99. The van der Waals surface area contributed by atoms with Crippen LogP contribution in [0.4, 0.5) is 5.69 Å². The molecule has 0 fully saturated rings. The SMILES string of the molecule is COc1ccc(NC(C)CCC(C)C)c(OC)c1. The number of anilines is 1. The molecule has 0 aliphatic heterocycles.